The molecule has 0 heterocycles. The maximum absolute atomic E-state index is 12.2. The molecule has 0 spiro atoms. The summed E-state index contributed by atoms with van der Waals surface area (Å²) in [6.45, 7) is 8.42. The Balaban J connectivity index is 1.97. The minimum Gasteiger partial charge on any atom is -0.481 e. The smallest absolute Gasteiger partial charge is 0.310 e. The van der Waals surface area contributed by atoms with Crippen LogP contribution in [0.25, 0.3) is 0 Å². The molecule has 1 aromatic rings. The molecule has 2 N–H and O–H groups in total. The Morgan fingerprint density at radius 3 is 2.17 bits per heavy atom. The third kappa shape index (κ3) is 3.92. The van der Waals surface area contributed by atoms with E-state index in [0.717, 1.165) is 12.0 Å². The van der Waals surface area contributed by atoms with E-state index in [4.69, 9.17) is 0 Å². The normalized spacial score (nSPS) is 17.9. The predicted octanol–water partition coefficient (Wildman–Crippen LogP) is 3.81. The van der Waals surface area contributed by atoms with E-state index in [0.29, 0.717) is 12.8 Å². The van der Waals surface area contributed by atoms with Gasteiger partial charge >= 0.3 is 5.97 Å². The summed E-state index contributed by atoms with van der Waals surface area (Å²) in [5.41, 5.74) is 1.55. The van der Waals surface area contributed by atoms with Crippen molar-refractivity contribution in [2.75, 3.05) is 0 Å². The fourth-order valence-electron chi connectivity index (χ4n) is 3.02. The van der Waals surface area contributed by atoms with Crippen molar-refractivity contribution < 1.29 is 14.7 Å². The van der Waals surface area contributed by atoms with E-state index in [1.165, 1.54) is 5.56 Å². The summed E-state index contributed by atoms with van der Waals surface area (Å²) in [6, 6.07) is 8.11. The van der Waals surface area contributed by atoms with Crippen molar-refractivity contribution in [3.63, 3.8) is 0 Å². The van der Waals surface area contributed by atoms with Crippen LogP contribution >= 0.6 is 0 Å². The van der Waals surface area contributed by atoms with Crippen LogP contribution in [0.4, 0.5) is 0 Å². The lowest BCUT2D eigenvalue weighted by molar-refractivity contribution is -0.157. The fourth-order valence-corrected chi connectivity index (χ4v) is 3.02. The van der Waals surface area contributed by atoms with Gasteiger partial charge in [0.15, 0.2) is 0 Å². The van der Waals surface area contributed by atoms with Gasteiger partial charge in [-0.2, -0.15) is 0 Å². The Morgan fingerprint density at radius 2 is 1.78 bits per heavy atom. The topological polar surface area (TPSA) is 66.4 Å². The first kappa shape index (κ1) is 17.5. The van der Waals surface area contributed by atoms with E-state index in [-0.39, 0.29) is 23.8 Å². The summed E-state index contributed by atoms with van der Waals surface area (Å²) < 4.78 is 0. The first-order valence-electron chi connectivity index (χ1n) is 8.27. The summed E-state index contributed by atoms with van der Waals surface area (Å²) in [6.07, 6.45) is 2.17. The van der Waals surface area contributed by atoms with Gasteiger partial charge in [-0.3, -0.25) is 9.59 Å². The number of benzene rings is 1. The number of carboxylic acid groups (broad SMARTS) is 1. The zero-order chi connectivity index (χ0) is 17.3. The molecule has 0 radical (unpaired) electrons. The first-order chi connectivity index (χ1) is 10.6. The Labute approximate surface area is 138 Å². The number of hydrogen-bond acceptors (Lipinski definition) is 2. The molecule has 4 heteroatoms. The average molecular weight is 317 g/mol. The highest BCUT2D eigenvalue weighted by Crippen LogP contribution is 2.44. The quantitative estimate of drug-likeness (QED) is 0.868. The lowest BCUT2D eigenvalue weighted by Gasteiger charge is -2.37. The van der Waals surface area contributed by atoms with Gasteiger partial charge < -0.3 is 10.4 Å². The monoisotopic (exact) mass is 317 g/mol. The molecule has 0 saturated heterocycles. The lowest BCUT2D eigenvalue weighted by atomic mass is 9.66. The van der Waals surface area contributed by atoms with Gasteiger partial charge in [0.25, 0.3) is 0 Å². The highest BCUT2D eigenvalue weighted by atomic mass is 16.4. The molecule has 1 aliphatic rings. The third-order valence-corrected chi connectivity index (χ3v) is 4.92. The van der Waals surface area contributed by atoms with E-state index >= 15 is 0 Å². The van der Waals surface area contributed by atoms with Crippen LogP contribution in [0.3, 0.4) is 0 Å². The minimum atomic E-state index is -0.846. The number of hydrogen-bond donors (Lipinski definition) is 2. The van der Waals surface area contributed by atoms with Crippen LogP contribution < -0.4 is 5.32 Å². The molecule has 1 saturated carbocycles. The maximum Gasteiger partial charge on any atom is 0.310 e. The molecule has 1 atom stereocenters. The SMILES string of the molecule is CC(NC(=O)CC1(C(=O)O)CCC1)c1ccc(C(C)(C)C)cc1. The highest BCUT2D eigenvalue weighted by Gasteiger charge is 2.45. The fraction of sp³-hybridized carbons (Fsp3) is 0.579. The molecule has 23 heavy (non-hydrogen) atoms. The van der Waals surface area contributed by atoms with Gasteiger partial charge in [-0.1, -0.05) is 51.5 Å². The van der Waals surface area contributed by atoms with Crippen LogP contribution in [0.2, 0.25) is 0 Å². The molecule has 0 aliphatic heterocycles. The minimum absolute atomic E-state index is 0.0761. The van der Waals surface area contributed by atoms with Gasteiger partial charge in [-0.15, -0.1) is 0 Å². The summed E-state index contributed by atoms with van der Waals surface area (Å²) in [7, 11) is 0. The Bertz CT molecular complexity index is 580. The standard InChI is InChI=1S/C19H27NO3/c1-13(14-6-8-15(9-7-14)18(2,3)4)20-16(21)12-19(17(22)23)10-5-11-19/h6-9,13H,5,10-12H2,1-4H3,(H,20,21)(H,22,23). The second kappa shape index (κ2) is 6.34. The average Bonchev–Trinajstić information content (AvgIpc) is 2.41. The van der Waals surface area contributed by atoms with Crippen molar-refractivity contribution >= 4 is 11.9 Å². The molecule has 1 unspecified atom stereocenters. The summed E-state index contributed by atoms with van der Waals surface area (Å²) in [5.74, 6) is -1.03. The number of carboxylic acids is 1. The Hall–Kier alpha value is -1.84. The van der Waals surface area contributed by atoms with Crippen molar-refractivity contribution in [3.8, 4) is 0 Å². The number of rotatable bonds is 5. The molecule has 0 aromatic heterocycles. The van der Waals surface area contributed by atoms with Crippen molar-refractivity contribution in [3.05, 3.63) is 35.4 Å². The van der Waals surface area contributed by atoms with Crippen molar-refractivity contribution in [2.24, 2.45) is 5.41 Å². The number of aliphatic carboxylic acids is 1. The van der Waals surface area contributed by atoms with E-state index in [2.05, 4.69) is 38.2 Å². The Kier molecular flexibility index (Phi) is 4.83. The molecule has 0 bridgehead atoms. The van der Waals surface area contributed by atoms with Crippen LogP contribution in [0, 0.1) is 5.41 Å². The summed E-state index contributed by atoms with van der Waals surface area (Å²) in [4.78, 5) is 23.5. The molecular weight excluding hydrogens is 290 g/mol. The lowest BCUT2D eigenvalue weighted by Crippen LogP contribution is -2.43. The number of carbonyl (C=O) groups excluding carboxylic acids is 1. The molecule has 126 valence electrons. The highest BCUT2D eigenvalue weighted by molar-refractivity contribution is 5.85. The van der Waals surface area contributed by atoms with Gasteiger partial charge in [0.05, 0.1) is 11.5 Å². The van der Waals surface area contributed by atoms with Gasteiger partial charge in [-0.05, 0) is 36.3 Å². The van der Waals surface area contributed by atoms with Gasteiger partial charge in [0.2, 0.25) is 5.91 Å². The van der Waals surface area contributed by atoms with E-state index < -0.39 is 11.4 Å². The molecule has 1 aromatic carbocycles. The van der Waals surface area contributed by atoms with Crippen LogP contribution in [-0.2, 0) is 15.0 Å². The van der Waals surface area contributed by atoms with E-state index in [9.17, 15) is 14.7 Å². The zero-order valence-electron chi connectivity index (χ0n) is 14.5. The number of carbonyl (C=O) groups is 2. The maximum atomic E-state index is 12.2. The number of nitrogens with one attached hydrogen (secondary N) is 1. The molecule has 1 amide bonds. The van der Waals surface area contributed by atoms with Crippen LogP contribution in [0.1, 0.15) is 70.5 Å². The molecule has 2 rings (SSSR count). The van der Waals surface area contributed by atoms with E-state index in [1.54, 1.807) is 0 Å². The van der Waals surface area contributed by atoms with Crippen molar-refractivity contribution in [1.82, 2.24) is 5.32 Å². The number of amides is 1. The Morgan fingerprint density at radius 1 is 1.22 bits per heavy atom. The van der Waals surface area contributed by atoms with E-state index in [1.807, 2.05) is 19.1 Å². The third-order valence-electron chi connectivity index (χ3n) is 4.92. The van der Waals surface area contributed by atoms with Crippen LogP contribution in [0.5, 0.6) is 0 Å². The largest absolute Gasteiger partial charge is 0.481 e. The summed E-state index contributed by atoms with van der Waals surface area (Å²) >= 11 is 0. The van der Waals surface area contributed by atoms with Crippen LogP contribution in [-0.4, -0.2) is 17.0 Å². The second-order valence-electron chi connectivity index (χ2n) is 7.78. The molecule has 1 fully saturated rings. The second-order valence-corrected chi connectivity index (χ2v) is 7.78. The molecular formula is C19H27NO3. The first-order valence-corrected chi connectivity index (χ1v) is 8.27. The predicted molar refractivity (Wildman–Crippen MR) is 90.2 cm³/mol. The van der Waals surface area contributed by atoms with Crippen LogP contribution in [0.15, 0.2) is 24.3 Å². The van der Waals surface area contributed by atoms with Gasteiger partial charge in [0, 0.05) is 6.42 Å². The zero-order valence-corrected chi connectivity index (χ0v) is 14.5. The molecule has 4 nitrogen and oxygen atoms in total. The van der Waals surface area contributed by atoms with Gasteiger partial charge in [-0.25, -0.2) is 0 Å². The summed E-state index contributed by atoms with van der Waals surface area (Å²) in [5, 5.41) is 12.2. The van der Waals surface area contributed by atoms with Crippen molar-refractivity contribution in [1.29, 1.82) is 0 Å². The van der Waals surface area contributed by atoms with Crippen molar-refractivity contribution in [2.45, 2.75) is 64.8 Å². The molecule has 1 aliphatic carbocycles. The van der Waals surface area contributed by atoms with Gasteiger partial charge in [0.1, 0.15) is 0 Å².